The van der Waals surface area contributed by atoms with E-state index in [4.69, 9.17) is 0 Å². The van der Waals surface area contributed by atoms with Gasteiger partial charge in [-0.05, 0) is 31.4 Å². The maximum atomic E-state index is 11.5. The van der Waals surface area contributed by atoms with Crippen LogP contribution in [0.2, 0.25) is 0 Å². The van der Waals surface area contributed by atoms with Crippen LogP contribution in [0.4, 0.5) is 5.69 Å². The van der Waals surface area contributed by atoms with Crippen LogP contribution in [-0.4, -0.2) is 24.0 Å². The summed E-state index contributed by atoms with van der Waals surface area (Å²) < 4.78 is 0. The molecule has 0 aliphatic carbocycles. The van der Waals surface area contributed by atoms with Gasteiger partial charge < -0.3 is 10.6 Å². The van der Waals surface area contributed by atoms with Gasteiger partial charge in [0, 0.05) is 25.0 Å². The summed E-state index contributed by atoms with van der Waals surface area (Å²) >= 11 is 0. The number of carbonyl (C=O) groups is 1. The number of nitrogens with zero attached hydrogens (tertiary/aromatic N) is 1. The van der Waals surface area contributed by atoms with E-state index >= 15 is 0 Å². The Labute approximate surface area is 109 Å². The zero-order valence-electron chi connectivity index (χ0n) is 11.7. The molecule has 1 heterocycles. The Morgan fingerprint density at radius 2 is 2.17 bits per heavy atom. The van der Waals surface area contributed by atoms with Crippen molar-refractivity contribution in [2.75, 3.05) is 12.4 Å². The second-order valence-corrected chi connectivity index (χ2v) is 4.80. The standard InChI is InChI=1S/C14H23N3O/c1-5-10(2)8-11(3)17-12-6-7-16-13(9-12)14(18)15-4/h6-7,9-11H,5,8H2,1-4H3,(H,15,18)(H,16,17). The van der Waals surface area contributed by atoms with Crippen LogP contribution < -0.4 is 10.6 Å². The third-order valence-electron chi connectivity index (χ3n) is 3.09. The number of hydrogen-bond acceptors (Lipinski definition) is 3. The second kappa shape index (κ2) is 6.99. The molecular weight excluding hydrogens is 226 g/mol. The fraction of sp³-hybridized carbons (Fsp3) is 0.571. The monoisotopic (exact) mass is 249 g/mol. The maximum Gasteiger partial charge on any atom is 0.269 e. The van der Waals surface area contributed by atoms with Gasteiger partial charge in [-0.2, -0.15) is 0 Å². The average molecular weight is 249 g/mol. The number of anilines is 1. The molecule has 2 unspecified atom stereocenters. The molecule has 0 fully saturated rings. The van der Waals surface area contributed by atoms with Crippen molar-refractivity contribution in [3.05, 3.63) is 24.0 Å². The lowest BCUT2D eigenvalue weighted by Gasteiger charge is -2.18. The van der Waals surface area contributed by atoms with Gasteiger partial charge in [-0.3, -0.25) is 9.78 Å². The van der Waals surface area contributed by atoms with Crippen molar-refractivity contribution in [1.29, 1.82) is 0 Å². The summed E-state index contributed by atoms with van der Waals surface area (Å²) in [5, 5.41) is 5.98. The van der Waals surface area contributed by atoms with Gasteiger partial charge in [-0.25, -0.2) is 0 Å². The van der Waals surface area contributed by atoms with Gasteiger partial charge in [-0.1, -0.05) is 20.3 Å². The molecule has 0 radical (unpaired) electrons. The van der Waals surface area contributed by atoms with E-state index < -0.39 is 0 Å². The van der Waals surface area contributed by atoms with Crippen LogP contribution in [0.1, 0.15) is 44.1 Å². The molecule has 0 bridgehead atoms. The molecule has 1 amide bonds. The van der Waals surface area contributed by atoms with E-state index in [9.17, 15) is 4.79 Å². The molecule has 1 aromatic rings. The molecule has 0 saturated heterocycles. The van der Waals surface area contributed by atoms with E-state index in [0.717, 1.165) is 12.1 Å². The number of aromatic nitrogens is 1. The molecule has 0 aliphatic rings. The minimum atomic E-state index is -0.159. The molecule has 1 aromatic heterocycles. The highest BCUT2D eigenvalue weighted by atomic mass is 16.1. The van der Waals surface area contributed by atoms with E-state index in [0.29, 0.717) is 17.7 Å². The van der Waals surface area contributed by atoms with E-state index in [1.54, 1.807) is 19.3 Å². The number of rotatable bonds is 6. The molecule has 2 N–H and O–H groups in total. The Morgan fingerprint density at radius 1 is 1.44 bits per heavy atom. The largest absolute Gasteiger partial charge is 0.382 e. The van der Waals surface area contributed by atoms with Gasteiger partial charge in [-0.15, -0.1) is 0 Å². The normalized spacial score (nSPS) is 13.8. The highest BCUT2D eigenvalue weighted by molar-refractivity contribution is 5.92. The van der Waals surface area contributed by atoms with Crippen LogP contribution in [-0.2, 0) is 0 Å². The quantitative estimate of drug-likeness (QED) is 0.815. The summed E-state index contributed by atoms with van der Waals surface area (Å²) in [6, 6.07) is 4.06. The summed E-state index contributed by atoms with van der Waals surface area (Å²) in [7, 11) is 1.61. The Balaban J connectivity index is 2.64. The molecule has 2 atom stereocenters. The van der Waals surface area contributed by atoms with E-state index in [1.165, 1.54) is 6.42 Å². The van der Waals surface area contributed by atoms with Crippen molar-refractivity contribution in [3.63, 3.8) is 0 Å². The molecule has 1 rings (SSSR count). The van der Waals surface area contributed by atoms with Gasteiger partial charge >= 0.3 is 0 Å². The number of hydrogen-bond donors (Lipinski definition) is 2. The summed E-state index contributed by atoms with van der Waals surface area (Å²) in [4.78, 5) is 15.5. The zero-order chi connectivity index (χ0) is 13.5. The molecule has 4 nitrogen and oxygen atoms in total. The minimum absolute atomic E-state index is 0.159. The average Bonchev–Trinajstić information content (AvgIpc) is 2.37. The lowest BCUT2D eigenvalue weighted by Crippen LogP contribution is -2.21. The SMILES string of the molecule is CCC(C)CC(C)Nc1ccnc(C(=O)NC)c1. The molecule has 0 saturated carbocycles. The summed E-state index contributed by atoms with van der Waals surface area (Å²) in [6.07, 6.45) is 3.96. The van der Waals surface area contributed by atoms with Crippen LogP contribution >= 0.6 is 0 Å². The third-order valence-corrected chi connectivity index (χ3v) is 3.09. The lowest BCUT2D eigenvalue weighted by molar-refractivity contribution is 0.0958. The smallest absolute Gasteiger partial charge is 0.269 e. The van der Waals surface area contributed by atoms with Crippen molar-refractivity contribution in [2.24, 2.45) is 5.92 Å². The molecule has 100 valence electrons. The summed E-state index contributed by atoms with van der Waals surface area (Å²) in [6.45, 7) is 6.61. The minimum Gasteiger partial charge on any atom is -0.382 e. The van der Waals surface area contributed by atoms with Crippen molar-refractivity contribution >= 4 is 11.6 Å². The molecule has 0 aliphatic heterocycles. The topological polar surface area (TPSA) is 54.0 Å². The van der Waals surface area contributed by atoms with Gasteiger partial charge in [0.2, 0.25) is 0 Å². The van der Waals surface area contributed by atoms with Crippen LogP contribution in [0.5, 0.6) is 0 Å². The van der Waals surface area contributed by atoms with Crippen LogP contribution in [0.15, 0.2) is 18.3 Å². The molecular formula is C14H23N3O. The highest BCUT2D eigenvalue weighted by Gasteiger charge is 2.09. The lowest BCUT2D eigenvalue weighted by atomic mass is 10.0. The molecule has 0 spiro atoms. The Hall–Kier alpha value is -1.58. The number of nitrogens with one attached hydrogen (secondary N) is 2. The van der Waals surface area contributed by atoms with Crippen molar-refractivity contribution in [2.45, 2.75) is 39.7 Å². The van der Waals surface area contributed by atoms with E-state index in [1.807, 2.05) is 6.07 Å². The Morgan fingerprint density at radius 3 is 2.78 bits per heavy atom. The Kier molecular flexibility index (Phi) is 5.62. The Bertz CT molecular complexity index is 392. The number of pyridine rings is 1. The second-order valence-electron chi connectivity index (χ2n) is 4.80. The first-order valence-electron chi connectivity index (χ1n) is 6.51. The van der Waals surface area contributed by atoms with Gasteiger partial charge in [0.1, 0.15) is 5.69 Å². The first-order chi connectivity index (χ1) is 8.56. The fourth-order valence-corrected chi connectivity index (χ4v) is 1.89. The first kappa shape index (κ1) is 14.5. The summed E-state index contributed by atoms with van der Waals surface area (Å²) in [5.74, 6) is 0.543. The van der Waals surface area contributed by atoms with Gasteiger partial charge in [0.25, 0.3) is 5.91 Å². The molecule has 18 heavy (non-hydrogen) atoms. The van der Waals surface area contributed by atoms with E-state index in [2.05, 4.69) is 36.4 Å². The predicted octanol–water partition coefficient (Wildman–Crippen LogP) is 2.68. The van der Waals surface area contributed by atoms with Gasteiger partial charge in [0.15, 0.2) is 0 Å². The van der Waals surface area contributed by atoms with Crippen LogP contribution in [0.25, 0.3) is 0 Å². The highest BCUT2D eigenvalue weighted by Crippen LogP contribution is 2.15. The van der Waals surface area contributed by atoms with Crippen LogP contribution in [0, 0.1) is 5.92 Å². The van der Waals surface area contributed by atoms with Crippen molar-refractivity contribution < 1.29 is 4.79 Å². The third kappa shape index (κ3) is 4.35. The zero-order valence-corrected chi connectivity index (χ0v) is 11.7. The summed E-state index contributed by atoms with van der Waals surface area (Å²) in [5.41, 5.74) is 1.39. The van der Waals surface area contributed by atoms with Crippen molar-refractivity contribution in [1.82, 2.24) is 10.3 Å². The number of carbonyl (C=O) groups excluding carboxylic acids is 1. The van der Waals surface area contributed by atoms with Gasteiger partial charge in [0.05, 0.1) is 0 Å². The van der Waals surface area contributed by atoms with Crippen LogP contribution in [0.3, 0.4) is 0 Å². The number of amides is 1. The molecule has 4 heteroatoms. The first-order valence-corrected chi connectivity index (χ1v) is 6.51. The maximum absolute atomic E-state index is 11.5. The predicted molar refractivity (Wildman–Crippen MR) is 74.8 cm³/mol. The molecule has 0 aromatic carbocycles. The van der Waals surface area contributed by atoms with Crippen molar-refractivity contribution in [3.8, 4) is 0 Å². The van der Waals surface area contributed by atoms with E-state index in [-0.39, 0.29) is 5.91 Å². The fourth-order valence-electron chi connectivity index (χ4n) is 1.89.